The first-order chi connectivity index (χ1) is 12.3. The van der Waals surface area contributed by atoms with Crippen LogP contribution in [0.5, 0.6) is 0 Å². The van der Waals surface area contributed by atoms with Crippen molar-refractivity contribution in [1.29, 1.82) is 0 Å². The zero-order valence-electron chi connectivity index (χ0n) is 14.3. The number of imide groups is 2. The number of benzene rings is 2. The number of nitro groups is 1. The number of barbiturate groups is 1. The molecule has 0 bridgehead atoms. The van der Waals surface area contributed by atoms with E-state index in [4.69, 9.17) is 0 Å². The molecule has 134 valence electrons. The molecule has 1 unspecified atom stereocenters. The Balaban J connectivity index is 2.09. The maximum absolute atomic E-state index is 12.6. The fourth-order valence-electron chi connectivity index (χ4n) is 3.28. The molecule has 3 rings (SSSR count). The minimum Gasteiger partial charge on any atom is -0.273 e. The number of carbonyl (C=O) groups is 3. The molecule has 1 aliphatic rings. The van der Waals surface area contributed by atoms with Crippen LogP contribution in [0, 0.1) is 16.0 Å². The van der Waals surface area contributed by atoms with Gasteiger partial charge in [-0.3, -0.25) is 29.5 Å². The van der Waals surface area contributed by atoms with E-state index in [9.17, 15) is 24.5 Å². The molecule has 0 saturated carbocycles. The predicted molar refractivity (Wildman–Crippen MR) is 93.0 cm³/mol. The number of nitrogens with zero attached hydrogens (tertiary/aromatic N) is 3. The highest BCUT2D eigenvalue weighted by atomic mass is 16.6. The third-order valence-electron chi connectivity index (χ3n) is 4.72. The Labute approximate surface area is 149 Å². The van der Waals surface area contributed by atoms with Crippen molar-refractivity contribution in [3.8, 4) is 0 Å². The molecular formula is C18H17N3O5. The second-order valence-corrected chi connectivity index (χ2v) is 6.28. The molecule has 1 saturated heterocycles. The fourth-order valence-corrected chi connectivity index (χ4v) is 3.28. The lowest BCUT2D eigenvalue weighted by atomic mass is 9.82. The van der Waals surface area contributed by atoms with E-state index in [1.807, 2.05) is 24.3 Å². The molecule has 0 aromatic heterocycles. The van der Waals surface area contributed by atoms with E-state index in [1.54, 1.807) is 18.2 Å². The molecule has 1 fully saturated rings. The summed E-state index contributed by atoms with van der Waals surface area (Å²) >= 11 is 0. The van der Waals surface area contributed by atoms with Crippen molar-refractivity contribution >= 4 is 28.6 Å². The molecule has 0 radical (unpaired) electrons. The van der Waals surface area contributed by atoms with Gasteiger partial charge in [0.2, 0.25) is 18.4 Å². The smallest absolute Gasteiger partial charge is 0.273 e. The molecular weight excluding hydrogens is 338 g/mol. The van der Waals surface area contributed by atoms with Crippen molar-refractivity contribution in [1.82, 2.24) is 9.80 Å². The Bertz CT molecular complexity index is 902. The van der Waals surface area contributed by atoms with Crippen molar-refractivity contribution in [3.63, 3.8) is 0 Å². The largest absolute Gasteiger partial charge is 0.332 e. The summed E-state index contributed by atoms with van der Waals surface area (Å²) in [7, 11) is 2.54. The molecule has 8 nitrogen and oxygen atoms in total. The standard InChI is InChI=1S/C18H17N3O5/c1-19-16(22)15(17(23)20(2)18(19)24)14(10-21(25)26)13-8-7-11-5-3-4-6-12(11)9-13/h3-9,14-15H,10H2,1-2H3. The van der Waals surface area contributed by atoms with Crippen LogP contribution in [0.25, 0.3) is 10.8 Å². The molecule has 1 aliphatic heterocycles. The maximum atomic E-state index is 12.6. The highest BCUT2D eigenvalue weighted by Crippen LogP contribution is 2.32. The van der Waals surface area contributed by atoms with Crippen LogP contribution in [0.1, 0.15) is 11.5 Å². The van der Waals surface area contributed by atoms with Gasteiger partial charge in [-0.05, 0) is 16.3 Å². The minimum absolute atomic E-state index is 0.517. The van der Waals surface area contributed by atoms with Gasteiger partial charge >= 0.3 is 6.03 Å². The third kappa shape index (κ3) is 2.90. The van der Waals surface area contributed by atoms with Gasteiger partial charge in [0.15, 0.2) is 0 Å². The average molecular weight is 355 g/mol. The van der Waals surface area contributed by atoms with E-state index < -0.39 is 41.1 Å². The molecule has 8 heteroatoms. The number of hydrogen-bond donors (Lipinski definition) is 0. The number of urea groups is 1. The van der Waals surface area contributed by atoms with E-state index in [0.717, 1.165) is 20.6 Å². The summed E-state index contributed by atoms with van der Waals surface area (Å²) in [6.45, 7) is -0.587. The number of rotatable bonds is 4. The first-order valence-corrected chi connectivity index (χ1v) is 8.01. The van der Waals surface area contributed by atoms with Gasteiger partial charge in [0, 0.05) is 19.0 Å². The first kappa shape index (κ1) is 17.5. The Hall–Kier alpha value is -3.29. The summed E-state index contributed by atoms with van der Waals surface area (Å²) in [6, 6.07) is 12.0. The van der Waals surface area contributed by atoms with Gasteiger partial charge in [-0.25, -0.2) is 4.79 Å². The Morgan fingerprint density at radius 2 is 1.58 bits per heavy atom. The summed E-state index contributed by atoms with van der Waals surface area (Å²) in [5.74, 6) is -3.72. The molecule has 0 aliphatic carbocycles. The first-order valence-electron chi connectivity index (χ1n) is 8.01. The lowest BCUT2D eigenvalue weighted by Crippen LogP contribution is -2.58. The Morgan fingerprint density at radius 3 is 2.15 bits per heavy atom. The molecule has 2 aromatic rings. The van der Waals surface area contributed by atoms with Crippen molar-refractivity contribution < 1.29 is 19.3 Å². The average Bonchev–Trinajstić information content (AvgIpc) is 2.63. The van der Waals surface area contributed by atoms with E-state index in [1.165, 1.54) is 14.1 Å². The van der Waals surface area contributed by atoms with Gasteiger partial charge in [-0.15, -0.1) is 0 Å². The summed E-state index contributed by atoms with van der Waals surface area (Å²) in [5, 5.41) is 13.0. The lowest BCUT2D eigenvalue weighted by molar-refractivity contribution is -0.484. The topological polar surface area (TPSA) is 101 Å². The van der Waals surface area contributed by atoms with Crippen LogP contribution in [-0.4, -0.2) is 53.2 Å². The van der Waals surface area contributed by atoms with Gasteiger partial charge in [0.25, 0.3) is 0 Å². The molecule has 0 N–H and O–H groups in total. The van der Waals surface area contributed by atoms with E-state index >= 15 is 0 Å². The van der Waals surface area contributed by atoms with Crippen molar-refractivity contribution in [2.24, 2.45) is 5.92 Å². The summed E-state index contributed by atoms with van der Waals surface area (Å²) in [5.41, 5.74) is 0.517. The number of fused-ring (bicyclic) bond motifs is 1. The molecule has 0 spiro atoms. The van der Waals surface area contributed by atoms with Gasteiger partial charge in [0.1, 0.15) is 5.92 Å². The quantitative estimate of drug-likeness (QED) is 0.473. The van der Waals surface area contributed by atoms with Crippen LogP contribution >= 0.6 is 0 Å². The van der Waals surface area contributed by atoms with Gasteiger partial charge in [0.05, 0.1) is 5.92 Å². The molecule has 4 amide bonds. The van der Waals surface area contributed by atoms with Crippen LogP contribution in [0.2, 0.25) is 0 Å². The second kappa shape index (κ2) is 6.55. The van der Waals surface area contributed by atoms with Gasteiger partial charge in [-0.2, -0.15) is 0 Å². The number of amides is 4. The third-order valence-corrected chi connectivity index (χ3v) is 4.72. The van der Waals surface area contributed by atoms with Gasteiger partial charge < -0.3 is 0 Å². The number of hydrogen-bond acceptors (Lipinski definition) is 5. The van der Waals surface area contributed by atoms with Gasteiger partial charge in [-0.1, -0.05) is 42.5 Å². The lowest BCUT2D eigenvalue weighted by Gasteiger charge is -2.35. The Kier molecular flexibility index (Phi) is 4.41. The highest BCUT2D eigenvalue weighted by Gasteiger charge is 2.48. The van der Waals surface area contributed by atoms with Crippen molar-refractivity contribution in [2.75, 3.05) is 20.6 Å². The zero-order chi connectivity index (χ0) is 19.0. The monoisotopic (exact) mass is 355 g/mol. The minimum atomic E-state index is -1.31. The summed E-state index contributed by atoms with van der Waals surface area (Å²) in [6.07, 6.45) is 0. The normalized spacial score (nSPS) is 17.1. The zero-order valence-corrected chi connectivity index (χ0v) is 14.3. The predicted octanol–water partition coefficient (Wildman–Crippen LogP) is 1.87. The molecule has 1 heterocycles. The molecule has 26 heavy (non-hydrogen) atoms. The SMILES string of the molecule is CN1C(=O)C(C(C[N+](=O)[O-])c2ccc3ccccc3c2)C(=O)N(C)C1=O. The molecule has 2 aromatic carbocycles. The van der Waals surface area contributed by atoms with Crippen LogP contribution < -0.4 is 0 Å². The Morgan fingerprint density at radius 1 is 1.00 bits per heavy atom. The van der Waals surface area contributed by atoms with Crippen molar-refractivity contribution in [2.45, 2.75) is 5.92 Å². The van der Waals surface area contributed by atoms with E-state index in [0.29, 0.717) is 5.56 Å². The fraction of sp³-hybridized carbons (Fsp3) is 0.278. The second-order valence-electron chi connectivity index (χ2n) is 6.28. The van der Waals surface area contributed by atoms with E-state index in [2.05, 4.69) is 0 Å². The highest BCUT2D eigenvalue weighted by molar-refractivity contribution is 6.16. The van der Waals surface area contributed by atoms with E-state index in [-0.39, 0.29) is 0 Å². The summed E-state index contributed by atoms with van der Waals surface area (Å²) in [4.78, 5) is 49.4. The maximum Gasteiger partial charge on any atom is 0.332 e. The number of carbonyl (C=O) groups excluding carboxylic acids is 3. The van der Waals surface area contributed by atoms with Crippen LogP contribution in [-0.2, 0) is 9.59 Å². The molecule has 1 atom stereocenters. The van der Waals surface area contributed by atoms with Crippen molar-refractivity contribution in [3.05, 3.63) is 58.1 Å². The van der Waals surface area contributed by atoms with Crippen LogP contribution in [0.3, 0.4) is 0 Å². The van der Waals surface area contributed by atoms with Crippen LogP contribution in [0.15, 0.2) is 42.5 Å². The van der Waals surface area contributed by atoms with Crippen LogP contribution in [0.4, 0.5) is 4.79 Å². The summed E-state index contributed by atoms with van der Waals surface area (Å²) < 4.78 is 0.